The Hall–Kier alpha value is -2.24. The predicted molar refractivity (Wildman–Crippen MR) is 119 cm³/mol. The summed E-state index contributed by atoms with van der Waals surface area (Å²) in [5.41, 5.74) is 1.81. The largest absolute Gasteiger partial charge is 0.465 e. The molecule has 0 saturated heterocycles. The molecule has 6 heteroatoms. The summed E-state index contributed by atoms with van der Waals surface area (Å²) in [6.45, 7) is 15.2. The van der Waals surface area contributed by atoms with Crippen molar-refractivity contribution in [1.29, 1.82) is 0 Å². The molecule has 2 amide bonds. The highest BCUT2D eigenvalue weighted by Crippen LogP contribution is 2.45. The number of hydrogen-bond acceptors (Lipinski definition) is 3. The molecule has 0 bridgehead atoms. The third-order valence-electron chi connectivity index (χ3n) is 5.95. The van der Waals surface area contributed by atoms with Crippen molar-refractivity contribution >= 4 is 12.2 Å². The molecule has 0 aliphatic heterocycles. The van der Waals surface area contributed by atoms with Crippen LogP contribution in [0.15, 0.2) is 18.2 Å². The van der Waals surface area contributed by atoms with E-state index in [4.69, 9.17) is 9.84 Å². The summed E-state index contributed by atoms with van der Waals surface area (Å²) in [5, 5.41) is 14.7. The monoisotopic (exact) mass is 418 g/mol. The number of carboxylic acid groups (broad SMARTS) is 1. The molecule has 168 valence electrons. The van der Waals surface area contributed by atoms with Gasteiger partial charge in [-0.1, -0.05) is 66.7 Å². The fraction of sp³-hybridized carbons (Fsp3) is 0.667. The van der Waals surface area contributed by atoms with Crippen molar-refractivity contribution in [3.8, 4) is 5.75 Å². The van der Waals surface area contributed by atoms with Gasteiger partial charge in [-0.05, 0) is 53.1 Å². The third kappa shape index (κ3) is 6.38. The highest BCUT2D eigenvalue weighted by Gasteiger charge is 2.42. The van der Waals surface area contributed by atoms with Crippen LogP contribution < -0.4 is 15.4 Å². The van der Waals surface area contributed by atoms with Crippen molar-refractivity contribution in [2.45, 2.75) is 85.6 Å². The second-order valence-electron chi connectivity index (χ2n) is 10.5. The van der Waals surface area contributed by atoms with Crippen LogP contribution >= 0.6 is 0 Å². The molecular formula is C24H38N2O4. The van der Waals surface area contributed by atoms with Gasteiger partial charge in [-0.3, -0.25) is 0 Å². The first-order valence-corrected chi connectivity index (χ1v) is 10.9. The van der Waals surface area contributed by atoms with Gasteiger partial charge in [0.05, 0.1) is 0 Å². The van der Waals surface area contributed by atoms with E-state index in [1.165, 1.54) is 0 Å². The Morgan fingerprint density at radius 1 is 1.10 bits per heavy atom. The summed E-state index contributed by atoms with van der Waals surface area (Å²) in [4.78, 5) is 23.9. The molecule has 1 saturated carbocycles. The van der Waals surface area contributed by atoms with E-state index in [2.05, 4.69) is 59.1 Å². The lowest BCUT2D eigenvalue weighted by Crippen LogP contribution is -2.50. The molecule has 0 heterocycles. The van der Waals surface area contributed by atoms with Crippen molar-refractivity contribution in [3.63, 3.8) is 0 Å². The summed E-state index contributed by atoms with van der Waals surface area (Å²) in [6.07, 6.45) is 0.913. The lowest BCUT2D eigenvalue weighted by atomic mass is 9.62. The van der Waals surface area contributed by atoms with Crippen LogP contribution in [0, 0.1) is 10.8 Å². The van der Waals surface area contributed by atoms with E-state index in [1.54, 1.807) is 0 Å². The van der Waals surface area contributed by atoms with E-state index in [0.29, 0.717) is 18.7 Å². The maximum atomic E-state index is 12.7. The summed E-state index contributed by atoms with van der Waals surface area (Å²) < 4.78 is 5.82. The minimum Gasteiger partial charge on any atom is -0.465 e. The maximum Gasteiger partial charge on any atom is 0.412 e. The van der Waals surface area contributed by atoms with Crippen LogP contribution in [0.5, 0.6) is 5.75 Å². The molecule has 2 rings (SSSR count). The average Bonchev–Trinajstić information content (AvgIpc) is 2.57. The first kappa shape index (κ1) is 24.0. The van der Waals surface area contributed by atoms with Gasteiger partial charge in [0.2, 0.25) is 0 Å². The molecule has 0 spiro atoms. The molecule has 1 aliphatic carbocycles. The first-order valence-electron chi connectivity index (χ1n) is 10.9. The number of hydrogen-bond donors (Lipinski definition) is 3. The van der Waals surface area contributed by atoms with Crippen LogP contribution in [0.2, 0.25) is 0 Å². The van der Waals surface area contributed by atoms with E-state index in [9.17, 15) is 9.59 Å². The van der Waals surface area contributed by atoms with Gasteiger partial charge in [-0.2, -0.15) is 0 Å². The van der Waals surface area contributed by atoms with Crippen LogP contribution in [0.25, 0.3) is 0 Å². The Morgan fingerprint density at radius 3 is 2.17 bits per heavy atom. The first-order chi connectivity index (χ1) is 13.8. The maximum absolute atomic E-state index is 12.7. The predicted octanol–water partition coefficient (Wildman–Crippen LogP) is 5.87. The Bertz CT molecular complexity index is 746. The van der Waals surface area contributed by atoms with Gasteiger partial charge in [0, 0.05) is 12.6 Å². The van der Waals surface area contributed by atoms with Gasteiger partial charge < -0.3 is 20.5 Å². The molecule has 2 unspecified atom stereocenters. The summed E-state index contributed by atoms with van der Waals surface area (Å²) in [6, 6.07) is 5.90. The normalized spacial score (nSPS) is 23.3. The van der Waals surface area contributed by atoms with Gasteiger partial charge in [-0.25, -0.2) is 9.59 Å². The number of rotatable bonds is 6. The summed E-state index contributed by atoms with van der Waals surface area (Å²) in [7, 11) is 0. The molecule has 30 heavy (non-hydrogen) atoms. The minimum atomic E-state index is -1.00. The van der Waals surface area contributed by atoms with E-state index in [1.807, 2.05) is 18.2 Å². The van der Waals surface area contributed by atoms with E-state index < -0.39 is 12.2 Å². The van der Waals surface area contributed by atoms with Crippen molar-refractivity contribution in [3.05, 3.63) is 29.3 Å². The molecule has 1 aliphatic rings. The number of para-hydroxylation sites is 1. The van der Waals surface area contributed by atoms with Crippen molar-refractivity contribution < 1.29 is 19.4 Å². The average molecular weight is 419 g/mol. The zero-order valence-corrected chi connectivity index (χ0v) is 19.5. The van der Waals surface area contributed by atoms with Gasteiger partial charge in [0.15, 0.2) is 0 Å². The number of amides is 2. The van der Waals surface area contributed by atoms with Gasteiger partial charge in [0.25, 0.3) is 0 Å². The standard InChI is InChI=1S/C24H38N2O4/c1-15(2)18-9-8-10-19(16(3)4)20(18)30-22(29)25-14-24(7)12-17(26-21(27)28)11-23(5,6)13-24/h8-10,15-17,26H,11-14H2,1-7H3,(H,25,29)(H,27,28). The van der Waals surface area contributed by atoms with Crippen molar-refractivity contribution in [2.24, 2.45) is 10.8 Å². The molecule has 2 atom stereocenters. The highest BCUT2D eigenvalue weighted by molar-refractivity contribution is 5.72. The smallest absolute Gasteiger partial charge is 0.412 e. The molecule has 1 fully saturated rings. The van der Waals surface area contributed by atoms with E-state index >= 15 is 0 Å². The quantitative estimate of drug-likeness (QED) is 0.539. The Labute approximate surface area is 180 Å². The molecule has 1 aromatic carbocycles. The SMILES string of the molecule is CC(C)c1cccc(C(C)C)c1OC(=O)NCC1(C)CC(NC(=O)O)CC(C)(C)C1. The van der Waals surface area contributed by atoms with Gasteiger partial charge >= 0.3 is 12.2 Å². The van der Waals surface area contributed by atoms with E-state index in [-0.39, 0.29) is 28.7 Å². The molecular weight excluding hydrogens is 380 g/mol. The highest BCUT2D eigenvalue weighted by atomic mass is 16.6. The van der Waals surface area contributed by atoms with Crippen molar-refractivity contribution in [2.75, 3.05) is 6.54 Å². The fourth-order valence-electron chi connectivity index (χ4n) is 5.06. The van der Waals surface area contributed by atoms with Gasteiger partial charge in [-0.15, -0.1) is 0 Å². The fourth-order valence-corrected chi connectivity index (χ4v) is 5.06. The van der Waals surface area contributed by atoms with Crippen LogP contribution in [-0.2, 0) is 0 Å². The number of carbonyl (C=O) groups excluding carboxylic acids is 1. The van der Waals surface area contributed by atoms with E-state index in [0.717, 1.165) is 24.0 Å². The molecule has 6 nitrogen and oxygen atoms in total. The molecule has 3 N–H and O–H groups in total. The minimum absolute atomic E-state index is 0.0131. The van der Waals surface area contributed by atoms with Gasteiger partial charge in [0.1, 0.15) is 5.75 Å². The zero-order chi connectivity index (χ0) is 22.7. The van der Waals surface area contributed by atoms with Crippen LogP contribution in [0.1, 0.15) is 90.7 Å². The van der Waals surface area contributed by atoms with Crippen LogP contribution in [0.4, 0.5) is 9.59 Å². The molecule has 0 aromatic heterocycles. The number of carbonyl (C=O) groups is 2. The lowest BCUT2D eigenvalue weighted by Gasteiger charge is -2.46. The topological polar surface area (TPSA) is 87.7 Å². The second-order valence-corrected chi connectivity index (χ2v) is 10.5. The molecule has 1 aromatic rings. The summed E-state index contributed by atoms with van der Waals surface area (Å²) >= 11 is 0. The Morgan fingerprint density at radius 2 is 1.67 bits per heavy atom. The summed E-state index contributed by atoms with van der Waals surface area (Å²) in [5.74, 6) is 1.14. The Balaban J connectivity index is 2.11. The zero-order valence-electron chi connectivity index (χ0n) is 19.5. The van der Waals surface area contributed by atoms with Crippen LogP contribution in [-0.4, -0.2) is 29.9 Å². The lowest BCUT2D eigenvalue weighted by molar-refractivity contribution is 0.0695. The Kier molecular flexibility index (Phi) is 7.43. The number of ether oxygens (including phenoxy) is 1. The number of benzene rings is 1. The molecule has 0 radical (unpaired) electrons. The number of nitrogens with one attached hydrogen (secondary N) is 2. The second kappa shape index (κ2) is 9.27. The third-order valence-corrected chi connectivity index (χ3v) is 5.95. The van der Waals surface area contributed by atoms with Crippen LogP contribution in [0.3, 0.4) is 0 Å². The van der Waals surface area contributed by atoms with Crippen molar-refractivity contribution in [1.82, 2.24) is 10.6 Å².